The van der Waals surface area contributed by atoms with Crippen molar-refractivity contribution in [2.45, 2.75) is 75.4 Å². The molecule has 3 aromatic heterocycles. The van der Waals surface area contributed by atoms with Gasteiger partial charge in [-0.2, -0.15) is 18.3 Å². The van der Waals surface area contributed by atoms with Gasteiger partial charge in [0.25, 0.3) is 5.91 Å². The van der Waals surface area contributed by atoms with Crippen LogP contribution in [0, 0.1) is 5.92 Å². The summed E-state index contributed by atoms with van der Waals surface area (Å²) in [6.45, 7) is 2.33. The minimum Gasteiger partial charge on any atom is -0.378 e. The maximum absolute atomic E-state index is 13.5. The predicted octanol–water partition coefficient (Wildman–Crippen LogP) is 5.29. The van der Waals surface area contributed by atoms with Gasteiger partial charge in [0.05, 0.1) is 34.4 Å². The monoisotopic (exact) mass is 801 g/mol. The minimum absolute atomic E-state index is 0.0768. The molecule has 8 rings (SSSR count). The van der Waals surface area contributed by atoms with E-state index in [2.05, 4.69) is 32.5 Å². The highest BCUT2D eigenvalue weighted by Gasteiger charge is 2.37. The van der Waals surface area contributed by atoms with Crippen molar-refractivity contribution in [1.82, 2.24) is 34.1 Å². The Hall–Kier alpha value is -5.55. The molecule has 2 aromatic carbocycles. The number of imide groups is 1. The van der Waals surface area contributed by atoms with Crippen molar-refractivity contribution in [3.05, 3.63) is 82.7 Å². The van der Waals surface area contributed by atoms with Crippen LogP contribution in [0.25, 0.3) is 21.9 Å². The summed E-state index contributed by atoms with van der Waals surface area (Å²) in [6.07, 6.45) is 2.56. The third kappa shape index (κ3) is 7.59. The second-order valence-corrected chi connectivity index (χ2v) is 15.8. The number of carbonyl (C=O) groups excluding carboxylic acids is 3. The molecule has 3 atom stereocenters. The molecule has 1 aliphatic carbocycles. The topological polar surface area (TPSA) is 149 Å². The number of aryl methyl sites for hydroxylation is 1. The van der Waals surface area contributed by atoms with E-state index in [0.29, 0.717) is 23.7 Å². The number of amides is 3. The van der Waals surface area contributed by atoms with E-state index in [-0.39, 0.29) is 48.3 Å². The Labute approximate surface area is 331 Å². The van der Waals surface area contributed by atoms with Crippen LogP contribution in [-0.4, -0.2) is 92.5 Å². The smallest absolute Gasteiger partial charge is 0.378 e. The van der Waals surface area contributed by atoms with Gasteiger partial charge >= 0.3 is 11.9 Å². The number of halogens is 3. The molecular weight excluding hydrogens is 756 g/mol. The Balaban J connectivity index is 0.875. The zero-order valence-corrected chi connectivity index (χ0v) is 32.5. The number of fused-ring (bicyclic) bond motifs is 2. The SMILES string of the molecule is CO[C@@H]1CN(c2cccc3c2n(C)c(=O)n3C2CCC(=O)NC2=O)CC[C@H]1N(C)CC1CCC(n2cc3cc(NC(=O)c4cccc(C(F)(F)F)n4)ccc3n2)CC1. The fourth-order valence-electron chi connectivity index (χ4n) is 9.12. The Kier molecular flexibility index (Phi) is 10.6. The Morgan fingerprint density at radius 2 is 1.79 bits per heavy atom. The Morgan fingerprint density at radius 1 is 1.02 bits per heavy atom. The number of aromatic nitrogens is 5. The molecule has 58 heavy (non-hydrogen) atoms. The van der Waals surface area contributed by atoms with E-state index in [4.69, 9.17) is 9.84 Å². The van der Waals surface area contributed by atoms with Gasteiger partial charge in [0, 0.05) is 63.5 Å². The van der Waals surface area contributed by atoms with Crippen LogP contribution in [0.3, 0.4) is 0 Å². The van der Waals surface area contributed by atoms with E-state index in [1.807, 2.05) is 29.1 Å². The first-order chi connectivity index (χ1) is 27.8. The average molecular weight is 802 g/mol. The lowest BCUT2D eigenvalue weighted by Crippen LogP contribution is -2.55. The summed E-state index contributed by atoms with van der Waals surface area (Å²) >= 11 is 0. The number of methoxy groups -OCH3 is 1. The molecule has 2 aliphatic heterocycles. The molecule has 1 unspecified atom stereocenters. The molecule has 0 radical (unpaired) electrons. The van der Waals surface area contributed by atoms with Gasteiger partial charge in [-0.1, -0.05) is 12.1 Å². The molecule has 3 amide bonds. The lowest BCUT2D eigenvalue weighted by Gasteiger charge is -2.44. The molecule has 14 nitrogen and oxygen atoms in total. The van der Waals surface area contributed by atoms with Crippen LogP contribution in [0.2, 0.25) is 0 Å². The molecule has 0 spiro atoms. The summed E-state index contributed by atoms with van der Waals surface area (Å²) in [5.41, 5.74) is 1.78. The van der Waals surface area contributed by atoms with Gasteiger partial charge in [0.2, 0.25) is 11.8 Å². The number of rotatable bonds is 9. The normalized spacial score (nSPS) is 23.2. The molecule has 17 heteroatoms. The van der Waals surface area contributed by atoms with Gasteiger partial charge in [0.15, 0.2) is 0 Å². The zero-order chi connectivity index (χ0) is 40.9. The number of alkyl halides is 3. The Morgan fingerprint density at radius 3 is 2.53 bits per heavy atom. The van der Waals surface area contributed by atoms with Gasteiger partial charge in [0.1, 0.15) is 17.4 Å². The second-order valence-electron chi connectivity index (χ2n) is 15.8. The molecule has 2 N–H and O–H groups in total. The van der Waals surface area contributed by atoms with Crippen molar-refractivity contribution in [3.8, 4) is 0 Å². The van der Waals surface area contributed by atoms with E-state index in [1.54, 1.807) is 36.9 Å². The van der Waals surface area contributed by atoms with Crippen molar-refractivity contribution in [3.63, 3.8) is 0 Å². The van der Waals surface area contributed by atoms with Crippen molar-refractivity contribution >= 4 is 51.0 Å². The first kappa shape index (κ1) is 39.3. The minimum atomic E-state index is -4.65. The van der Waals surface area contributed by atoms with Crippen molar-refractivity contribution < 1.29 is 32.3 Å². The maximum Gasteiger partial charge on any atom is 0.433 e. The molecule has 3 fully saturated rings. The summed E-state index contributed by atoms with van der Waals surface area (Å²) in [5.74, 6) is -1.01. The fraction of sp³-hybridized carbons (Fsp3) is 0.463. The standard InChI is InChI=1S/C41H46F3N9O5/c1-49(30-18-19-51(23-34(30)58-3)31-7-5-8-32-37(31)50(2)40(57)53(32)33-16-17-36(54)47-39(33)56)21-24-10-13-27(14-11-24)52-22-25-20-26(12-15-28(25)48-52)45-38(55)29-6-4-9-35(46-29)41(42,43)44/h4-9,12,15,20,22,24,27,30,33-34H,10-11,13-14,16-19,21,23H2,1-3H3,(H,45,55)(H,47,54,56)/t24?,27?,30-,33?,34-/m1/s1. The van der Waals surface area contributed by atoms with Crippen molar-refractivity contribution in [2.24, 2.45) is 13.0 Å². The van der Waals surface area contributed by atoms with Gasteiger partial charge in [-0.15, -0.1) is 0 Å². The molecular formula is C41H46F3N9O5. The van der Waals surface area contributed by atoms with Crippen LogP contribution < -0.4 is 21.2 Å². The van der Waals surface area contributed by atoms with Crippen LogP contribution in [0.5, 0.6) is 0 Å². The first-order valence-electron chi connectivity index (χ1n) is 19.6. The zero-order valence-electron chi connectivity index (χ0n) is 32.5. The average Bonchev–Trinajstić information content (AvgIpc) is 3.75. The van der Waals surface area contributed by atoms with E-state index >= 15 is 0 Å². The number of anilines is 2. The molecule has 3 aliphatic rings. The Bertz CT molecular complexity index is 2430. The highest BCUT2D eigenvalue weighted by molar-refractivity contribution is 6.04. The quantitative estimate of drug-likeness (QED) is 0.190. The first-order valence-corrected chi connectivity index (χ1v) is 19.6. The van der Waals surface area contributed by atoms with Crippen molar-refractivity contribution in [1.29, 1.82) is 0 Å². The van der Waals surface area contributed by atoms with E-state index in [1.165, 1.54) is 10.6 Å². The van der Waals surface area contributed by atoms with Gasteiger partial charge in [-0.3, -0.25) is 33.5 Å². The van der Waals surface area contributed by atoms with E-state index in [9.17, 15) is 32.3 Å². The number of hydrogen-bond acceptors (Lipinski definition) is 9. The summed E-state index contributed by atoms with van der Waals surface area (Å²) in [7, 11) is 5.64. The van der Waals surface area contributed by atoms with Crippen LogP contribution in [-0.2, 0) is 27.5 Å². The number of imidazole rings is 1. The molecule has 5 heterocycles. The number of hydrogen-bond donors (Lipinski definition) is 2. The van der Waals surface area contributed by atoms with E-state index < -0.39 is 29.7 Å². The lowest BCUT2D eigenvalue weighted by atomic mass is 9.85. The fourth-order valence-corrected chi connectivity index (χ4v) is 9.12. The molecule has 0 bridgehead atoms. The van der Waals surface area contributed by atoms with Gasteiger partial charge in [-0.25, -0.2) is 9.78 Å². The second kappa shape index (κ2) is 15.7. The van der Waals surface area contributed by atoms with Crippen LogP contribution in [0.1, 0.15) is 73.2 Å². The lowest BCUT2D eigenvalue weighted by molar-refractivity contribution is -0.141. The molecule has 2 saturated heterocycles. The number of carbonyl (C=O) groups is 3. The third-order valence-electron chi connectivity index (χ3n) is 12.1. The van der Waals surface area contributed by atoms with Crippen LogP contribution >= 0.6 is 0 Å². The third-order valence-corrected chi connectivity index (χ3v) is 12.1. The number of para-hydroxylation sites is 1. The van der Waals surface area contributed by atoms with Crippen LogP contribution in [0.4, 0.5) is 24.5 Å². The van der Waals surface area contributed by atoms with Gasteiger partial charge in [-0.05, 0) is 94.0 Å². The highest BCUT2D eigenvalue weighted by Crippen LogP contribution is 2.36. The number of benzene rings is 2. The summed E-state index contributed by atoms with van der Waals surface area (Å²) in [4.78, 5) is 59.0. The molecule has 306 valence electrons. The van der Waals surface area contributed by atoms with E-state index in [0.717, 1.165) is 79.4 Å². The van der Waals surface area contributed by atoms with Gasteiger partial charge < -0.3 is 19.9 Å². The maximum atomic E-state index is 13.5. The summed E-state index contributed by atoms with van der Waals surface area (Å²) in [6, 6.07) is 13.9. The van der Waals surface area contributed by atoms with Crippen LogP contribution in [0.15, 0.2) is 65.6 Å². The number of likely N-dealkylation sites (N-methyl/N-ethyl adjacent to an activating group) is 1. The summed E-state index contributed by atoms with van der Waals surface area (Å²) in [5, 5.41) is 10.7. The molecule has 1 saturated carbocycles. The largest absolute Gasteiger partial charge is 0.433 e. The number of piperidine rings is 2. The number of nitrogens with one attached hydrogen (secondary N) is 2. The number of nitrogens with zero attached hydrogens (tertiary/aromatic N) is 7. The highest BCUT2D eigenvalue weighted by atomic mass is 19.4. The predicted molar refractivity (Wildman–Crippen MR) is 211 cm³/mol. The molecule has 5 aromatic rings. The van der Waals surface area contributed by atoms with Crippen molar-refractivity contribution in [2.75, 3.05) is 44.0 Å². The number of ether oxygens (including phenoxy) is 1. The number of pyridine rings is 1. The summed E-state index contributed by atoms with van der Waals surface area (Å²) < 4.78 is 50.5.